The summed E-state index contributed by atoms with van der Waals surface area (Å²) in [6, 6.07) is 15.7. The molecule has 9 nitrogen and oxygen atoms in total. The highest BCUT2D eigenvalue weighted by Crippen LogP contribution is 2.44. The Balaban J connectivity index is 1.29. The van der Waals surface area contributed by atoms with Gasteiger partial charge < -0.3 is 14.7 Å². The van der Waals surface area contributed by atoms with Gasteiger partial charge in [-0.2, -0.15) is 5.10 Å². The van der Waals surface area contributed by atoms with Crippen molar-refractivity contribution in [2.75, 3.05) is 18.5 Å². The van der Waals surface area contributed by atoms with Crippen LogP contribution in [-0.4, -0.2) is 57.0 Å². The highest BCUT2D eigenvalue weighted by atomic mass is 16.5. The zero-order valence-corrected chi connectivity index (χ0v) is 19.5. The van der Waals surface area contributed by atoms with Crippen LogP contribution in [0.25, 0.3) is 11.1 Å². The number of carbonyl (C=O) groups is 3. The van der Waals surface area contributed by atoms with Crippen LogP contribution in [0.4, 0.5) is 10.6 Å². The van der Waals surface area contributed by atoms with Crippen LogP contribution in [0.1, 0.15) is 40.7 Å². The third kappa shape index (κ3) is 4.03. The lowest BCUT2D eigenvalue weighted by Crippen LogP contribution is -2.38. The maximum absolute atomic E-state index is 13.2. The van der Waals surface area contributed by atoms with Crippen LogP contribution < -0.4 is 5.32 Å². The number of nitrogens with one attached hydrogen (secondary N) is 1. The summed E-state index contributed by atoms with van der Waals surface area (Å²) in [7, 11) is 1.65. The number of amides is 2. The average Bonchev–Trinajstić information content (AvgIpc) is 3.50. The lowest BCUT2D eigenvalue weighted by molar-refractivity contribution is -0.142. The quantitative estimate of drug-likeness (QED) is 0.583. The van der Waals surface area contributed by atoms with E-state index in [9.17, 15) is 19.5 Å². The molecule has 1 fully saturated rings. The highest BCUT2D eigenvalue weighted by molar-refractivity contribution is 6.02. The summed E-state index contributed by atoms with van der Waals surface area (Å²) in [5, 5.41) is 16.2. The van der Waals surface area contributed by atoms with Crippen LogP contribution in [-0.2, 0) is 16.6 Å². The molecule has 3 aromatic rings. The Kier molecular flexibility index (Phi) is 5.76. The topological polar surface area (TPSA) is 114 Å². The Morgan fingerprint density at radius 3 is 2.31 bits per heavy atom. The number of aromatic nitrogens is 2. The molecule has 2 aliphatic rings. The van der Waals surface area contributed by atoms with Crippen LogP contribution in [0, 0.1) is 5.92 Å². The summed E-state index contributed by atoms with van der Waals surface area (Å²) < 4.78 is 7.01. The number of hydrogen-bond donors (Lipinski definition) is 2. The van der Waals surface area contributed by atoms with E-state index in [1.165, 1.54) is 15.8 Å². The number of anilines is 1. The average molecular weight is 475 g/mol. The van der Waals surface area contributed by atoms with E-state index >= 15 is 0 Å². The van der Waals surface area contributed by atoms with Gasteiger partial charge in [0, 0.05) is 31.7 Å². The standard InChI is InChI=1S/C26H26N4O5/c1-15-16(25(32)33)11-12-30(15)24(31)21-13-29(2)28-23(21)27-26(34)35-14-22-19-9-5-3-7-17(19)18-8-4-6-10-20(18)22/h3-10,13,15-16,22H,11-12,14H2,1-2H3,(H,32,33)(H,27,28,34). The molecule has 1 aliphatic heterocycles. The van der Waals surface area contributed by atoms with Gasteiger partial charge in [-0.05, 0) is 35.6 Å². The molecule has 2 atom stereocenters. The largest absolute Gasteiger partial charge is 0.481 e. The lowest BCUT2D eigenvalue weighted by Gasteiger charge is -2.23. The summed E-state index contributed by atoms with van der Waals surface area (Å²) >= 11 is 0. The minimum atomic E-state index is -0.920. The third-order valence-corrected chi connectivity index (χ3v) is 6.96. The van der Waals surface area contributed by atoms with Crippen molar-refractivity contribution in [3.8, 4) is 11.1 Å². The molecule has 1 aliphatic carbocycles. The van der Waals surface area contributed by atoms with E-state index in [1.54, 1.807) is 14.0 Å². The number of hydrogen-bond acceptors (Lipinski definition) is 5. The van der Waals surface area contributed by atoms with Gasteiger partial charge in [0.1, 0.15) is 12.2 Å². The first kappa shape index (κ1) is 22.6. The smallest absolute Gasteiger partial charge is 0.412 e. The first-order chi connectivity index (χ1) is 16.8. The van der Waals surface area contributed by atoms with Gasteiger partial charge in [-0.25, -0.2) is 4.79 Å². The van der Waals surface area contributed by atoms with E-state index in [-0.39, 0.29) is 29.8 Å². The summed E-state index contributed by atoms with van der Waals surface area (Å²) in [6.07, 6.45) is 1.19. The Hall–Kier alpha value is -4.14. The van der Waals surface area contributed by atoms with Gasteiger partial charge in [-0.1, -0.05) is 48.5 Å². The van der Waals surface area contributed by atoms with E-state index in [2.05, 4.69) is 22.5 Å². The Morgan fingerprint density at radius 2 is 1.71 bits per heavy atom. The number of aliphatic carboxylic acids is 1. The van der Waals surface area contributed by atoms with Gasteiger partial charge in [0.25, 0.3) is 5.91 Å². The van der Waals surface area contributed by atoms with Gasteiger partial charge in [-0.15, -0.1) is 0 Å². The minimum absolute atomic E-state index is 0.0840. The summed E-state index contributed by atoms with van der Waals surface area (Å²) in [6.45, 7) is 2.19. The second-order valence-electron chi connectivity index (χ2n) is 8.99. The molecular formula is C26H26N4O5. The summed E-state index contributed by atoms with van der Waals surface area (Å²) in [4.78, 5) is 38.8. The van der Waals surface area contributed by atoms with E-state index < -0.39 is 24.0 Å². The molecule has 5 rings (SSSR count). The zero-order chi connectivity index (χ0) is 24.7. The second-order valence-corrected chi connectivity index (χ2v) is 8.99. The molecule has 1 saturated heterocycles. The number of nitrogens with zero attached hydrogens (tertiary/aromatic N) is 3. The van der Waals surface area contributed by atoms with Gasteiger partial charge in [0.15, 0.2) is 5.82 Å². The number of carbonyl (C=O) groups excluding carboxylic acids is 2. The number of aryl methyl sites for hydroxylation is 1. The molecule has 0 bridgehead atoms. The predicted molar refractivity (Wildman–Crippen MR) is 128 cm³/mol. The first-order valence-electron chi connectivity index (χ1n) is 11.5. The fourth-order valence-electron chi connectivity index (χ4n) is 5.18. The molecule has 2 aromatic carbocycles. The van der Waals surface area contributed by atoms with E-state index in [1.807, 2.05) is 36.4 Å². The van der Waals surface area contributed by atoms with Crippen molar-refractivity contribution in [2.24, 2.45) is 13.0 Å². The van der Waals surface area contributed by atoms with Crippen molar-refractivity contribution >= 4 is 23.8 Å². The van der Waals surface area contributed by atoms with Gasteiger partial charge in [0.2, 0.25) is 0 Å². The molecule has 0 spiro atoms. The van der Waals surface area contributed by atoms with Crippen molar-refractivity contribution in [2.45, 2.75) is 25.3 Å². The number of fused-ring (bicyclic) bond motifs is 3. The summed E-state index contributed by atoms with van der Waals surface area (Å²) in [5.74, 6) is -1.91. The number of likely N-dealkylation sites (tertiary alicyclic amines) is 1. The Bertz CT molecular complexity index is 1270. The third-order valence-electron chi connectivity index (χ3n) is 6.96. The molecule has 1 aromatic heterocycles. The fraction of sp³-hybridized carbons (Fsp3) is 0.308. The van der Waals surface area contributed by atoms with Crippen LogP contribution in [0.3, 0.4) is 0 Å². The Morgan fingerprint density at radius 1 is 1.09 bits per heavy atom. The molecule has 2 unspecified atom stereocenters. The van der Waals surface area contributed by atoms with Gasteiger partial charge in [0.05, 0.1) is 5.92 Å². The van der Waals surface area contributed by atoms with Crippen LogP contribution >= 0.6 is 0 Å². The number of ether oxygens (including phenoxy) is 1. The van der Waals surface area contributed by atoms with Crippen LogP contribution in [0.5, 0.6) is 0 Å². The van der Waals surface area contributed by atoms with Crippen LogP contribution in [0.15, 0.2) is 54.7 Å². The fourth-order valence-corrected chi connectivity index (χ4v) is 5.18. The van der Waals surface area contributed by atoms with Crippen LogP contribution in [0.2, 0.25) is 0 Å². The number of rotatable bonds is 5. The maximum Gasteiger partial charge on any atom is 0.412 e. The lowest BCUT2D eigenvalue weighted by atomic mass is 9.98. The highest BCUT2D eigenvalue weighted by Gasteiger charge is 2.39. The molecular weight excluding hydrogens is 448 g/mol. The van der Waals surface area contributed by atoms with E-state index in [0.717, 1.165) is 22.3 Å². The van der Waals surface area contributed by atoms with Gasteiger partial charge in [-0.3, -0.25) is 19.6 Å². The van der Waals surface area contributed by atoms with Crippen molar-refractivity contribution in [3.05, 3.63) is 71.4 Å². The van der Waals surface area contributed by atoms with Crippen molar-refractivity contribution in [1.82, 2.24) is 14.7 Å². The molecule has 0 radical (unpaired) electrons. The van der Waals surface area contributed by atoms with E-state index in [0.29, 0.717) is 13.0 Å². The van der Waals surface area contributed by atoms with Crippen molar-refractivity contribution < 1.29 is 24.2 Å². The first-order valence-corrected chi connectivity index (χ1v) is 11.5. The Labute approximate surface area is 202 Å². The molecule has 2 heterocycles. The molecule has 2 amide bonds. The SMILES string of the molecule is CC1C(C(=O)O)CCN1C(=O)c1cn(C)nc1NC(=O)OCC1c2ccccc2-c2ccccc21. The summed E-state index contributed by atoms with van der Waals surface area (Å²) in [5.41, 5.74) is 4.67. The molecule has 2 N–H and O–H groups in total. The van der Waals surface area contributed by atoms with Crippen molar-refractivity contribution in [1.29, 1.82) is 0 Å². The monoisotopic (exact) mass is 474 g/mol. The molecule has 0 saturated carbocycles. The zero-order valence-electron chi connectivity index (χ0n) is 19.5. The molecule has 180 valence electrons. The number of benzene rings is 2. The number of carboxylic acids is 1. The predicted octanol–water partition coefficient (Wildman–Crippen LogP) is 3.72. The minimum Gasteiger partial charge on any atom is -0.481 e. The number of carboxylic acid groups (broad SMARTS) is 1. The normalized spacial score (nSPS) is 18.7. The second kappa shape index (κ2) is 8.90. The maximum atomic E-state index is 13.2. The molecule has 9 heteroatoms. The van der Waals surface area contributed by atoms with E-state index in [4.69, 9.17) is 4.74 Å². The molecule has 35 heavy (non-hydrogen) atoms. The van der Waals surface area contributed by atoms with Crippen molar-refractivity contribution in [3.63, 3.8) is 0 Å². The van der Waals surface area contributed by atoms with Gasteiger partial charge >= 0.3 is 12.1 Å².